The van der Waals surface area contributed by atoms with Crippen LogP contribution >= 0.6 is 0 Å². The first-order valence-electron chi connectivity index (χ1n) is 6.48. The standard InChI is InChI=1S/C12H15F3N6O/c1-4-21(7-8-6-19(2)18-16-8)11(22)9-5-10(12(13,14)15)20(3)17-9/h5-6H,4,7H2,1-3H3. The van der Waals surface area contributed by atoms with Crippen molar-refractivity contribution in [2.24, 2.45) is 14.1 Å². The van der Waals surface area contributed by atoms with E-state index in [0.29, 0.717) is 16.9 Å². The predicted molar refractivity (Wildman–Crippen MR) is 69.6 cm³/mol. The van der Waals surface area contributed by atoms with Gasteiger partial charge in [0.25, 0.3) is 5.91 Å². The van der Waals surface area contributed by atoms with E-state index in [9.17, 15) is 18.0 Å². The molecule has 0 fully saturated rings. The summed E-state index contributed by atoms with van der Waals surface area (Å²) in [5, 5.41) is 11.3. The molecule has 0 saturated heterocycles. The minimum Gasteiger partial charge on any atom is -0.331 e. The lowest BCUT2D eigenvalue weighted by atomic mass is 10.3. The monoisotopic (exact) mass is 316 g/mol. The Balaban J connectivity index is 2.22. The highest BCUT2D eigenvalue weighted by Crippen LogP contribution is 2.29. The molecule has 10 heteroatoms. The van der Waals surface area contributed by atoms with Gasteiger partial charge in [-0.1, -0.05) is 5.21 Å². The normalized spacial score (nSPS) is 11.7. The molecule has 0 unspecified atom stereocenters. The van der Waals surface area contributed by atoms with E-state index in [1.54, 1.807) is 20.2 Å². The summed E-state index contributed by atoms with van der Waals surface area (Å²) in [7, 11) is 2.83. The number of halogens is 3. The topological polar surface area (TPSA) is 68.8 Å². The maximum Gasteiger partial charge on any atom is 0.433 e. The molecule has 7 nitrogen and oxygen atoms in total. The van der Waals surface area contributed by atoms with Gasteiger partial charge in [-0.3, -0.25) is 14.2 Å². The van der Waals surface area contributed by atoms with Crippen LogP contribution < -0.4 is 0 Å². The second-order valence-corrected chi connectivity index (χ2v) is 4.74. The Morgan fingerprint density at radius 3 is 2.50 bits per heavy atom. The molecule has 0 radical (unpaired) electrons. The van der Waals surface area contributed by atoms with Gasteiger partial charge in [0.2, 0.25) is 0 Å². The zero-order valence-electron chi connectivity index (χ0n) is 12.3. The van der Waals surface area contributed by atoms with Crippen LogP contribution in [0.5, 0.6) is 0 Å². The van der Waals surface area contributed by atoms with Gasteiger partial charge in [0.05, 0.1) is 6.54 Å². The summed E-state index contributed by atoms with van der Waals surface area (Å²) >= 11 is 0. The van der Waals surface area contributed by atoms with Gasteiger partial charge in [-0.25, -0.2) is 0 Å². The fourth-order valence-corrected chi connectivity index (χ4v) is 1.99. The van der Waals surface area contributed by atoms with E-state index in [1.165, 1.54) is 9.58 Å². The second kappa shape index (κ2) is 5.78. The summed E-state index contributed by atoms with van der Waals surface area (Å²) in [4.78, 5) is 13.7. The molecule has 0 aromatic carbocycles. The molecule has 0 saturated carbocycles. The summed E-state index contributed by atoms with van der Waals surface area (Å²) in [5.41, 5.74) is -0.670. The van der Waals surface area contributed by atoms with Crippen molar-refractivity contribution in [1.82, 2.24) is 29.7 Å². The smallest absolute Gasteiger partial charge is 0.331 e. The van der Waals surface area contributed by atoms with Crippen LogP contribution in [0.15, 0.2) is 12.3 Å². The summed E-state index contributed by atoms with van der Waals surface area (Å²) < 4.78 is 40.4. The third kappa shape index (κ3) is 3.26. The maximum atomic E-state index is 12.8. The molecule has 2 heterocycles. The number of nitrogens with zero attached hydrogens (tertiary/aromatic N) is 6. The van der Waals surface area contributed by atoms with Crippen LogP contribution in [0.1, 0.15) is 28.8 Å². The quantitative estimate of drug-likeness (QED) is 0.851. The number of carbonyl (C=O) groups is 1. The van der Waals surface area contributed by atoms with Crippen molar-refractivity contribution in [2.75, 3.05) is 6.54 Å². The van der Waals surface area contributed by atoms with E-state index in [0.717, 1.165) is 13.1 Å². The molecule has 2 aromatic heterocycles. The molecule has 0 bridgehead atoms. The molecule has 0 spiro atoms. The SMILES string of the molecule is CCN(Cc1cn(C)nn1)C(=O)c1cc(C(F)(F)F)n(C)n1. The van der Waals surface area contributed by atoms with Crippen molar-refractivity contribution >= 4 is 5.91 Å². The largest absolute Gasteiger partial charge is 0.433 e. The average Bonchev–Trinajstić information content (AvgIpc) is 3.00. The Morgan fingerprint density at radius 1 is 1.36 bits per heavy atom. The molecular weight excluding hydrogens is 301 g/mol. The molecule has 2 rings (SSSR count). The van der Waals surface area contributed by atoms with Gasteiger partial charge in [-0.15, -0.1) is 5.10 Å². The van der Waals surface area contributed by atoms with Crippen molar-refractivity contribution in [2.45, 2.75) is 19.6 Å². The van der Waals surface area contributed by atoms with Crippen LogP contribution in [-0.4, -0.2) is 42.1 Å². The van der Waals surface area contributed by atoms with Crippen molar-refractivity contribution in [1.29, 1.82) is 0 Å². The molecule has 2 aromatic rings. The van der Waals surface area contributed by atoms with Gasteiger partial charge in [0.15, 0.2) is 5.69 Å². The maximum absolute atomic E-state index is 12.8. The van der Waals surface area contributed by atoms with E-state index < -0.39 is 17.8 Å². The van der Waals surface area contributed by atoms with Gasteiger partial charge in [0.1, 0.15) is 11.4 Å². The molecular formula is C12H15F3N6O. The molecule has 0 aliphatic rings. The zero-order valence-corrected chi connectivity index (χ0v) is 12.3. The van der Waals surface area contributed by atoms with Gasteiger partial charge in [-0.2, -0.15) is 18.3 Å². The number of aryl methyl sites for hydroxylation is 2. The molecule has 0 atom stereocenters. The van der Waals surface area contributed by atoms with Crippen LogP contribution in [-0.2, 0) is 26.8 Å². The summed E-state index contributed by atoms with van der Waals surface area (Å²) in [6.45, 7) is 2.19. The van der Waals surface area contributed by atoms with E-state index in [1.807, 2.05) is 0 Å². The molecule has 1 amide bonds. The molecule has 0 aliphatic heterocycles. The molecule has 0 N–H and O–H groups in total. The third-order valence-electron chi connectivity index (χ3n) is 3.06. The molecule has 22 heavy (non-hydrogen) atoms. The average molecular weight is 316 g/mol. The van der Waals surface area contributed by atoms with Crippen molar-refractivity contribution in [3.63, 3.8) is 0 Å². The van der Waals surface area contributed by atoms with Gasteiger partial charge in [0, 0.05) is 32.9 Å². The van der Waals surface area contributed by atoms with E-state index in [4.69, 9.17) is 0 Å². The lowest BCUT2D eigenvalue weighted by Crippen LogP contribution is -2.30. The van der Waals surface area contributed by atoms with Crippen LogP contribution in [0.3, 0.4) is 0 Å². The van der Waals surface area contributed by atoms with Gasteiger partial charge in [-0.05, 0) is 6.92 Å². The fraction of sp³-hybridized carbons (Fsp3) is 0.500. The lowest BCUT2D eigenvalue weighted by Gasteiger charge is -2.18. The fourth-order valence-electron chi connectivity index (χ4n) is 1.99. The lowest BCUT2D eigenvalue weighted by molar-refractivity contribution is -0.143. The summed E-state index contributed by atoms with van der Waals surface area (Å²) in [5.74, 6) is -0.584. The Labute approximate surface area is 124 Å². The Hall–Kier alpha value is -2.39. The Bertz CT molecular complexity index is 675. The van der Waals surface area contributed by atoms with Gasteiger partial charge >= 0.3 is 6.18 Å². The minimum atomic E-state index is -4.55. The zero-order chi connectivity index (χ0) is 16.5. The summed E-state index contributed by atoms with van der Waals surface area (Å²) in [6, 6.07) is 0.752. The van der Waals surface area contributed by atoms with E-state index >= 15 is 0 Å². The predicted octanol–water partition coefficient (Wildman–Crippen LogP) is 1.23. The highest BCUT2D eigenvalue weighted by Gasteiger charge is 2.36. The van der Waals surface area contributed by atoms with Gasteiger partial charge < -0.3 is 4.90 Å². The minimum absolute atomic E-state index is 0.154. The highest BCUT2D eigenvalue weighted by molar-refractivity contribution is 5.92. The van der Waals surface area contributed by atoms with E-state index in [-0.39, 0.29) is 12.2 Å². The highest BCUT2D eigenvalue weighted by atomic mass is 19.4. The second-order valence-electron chi connectivity index (χ2n) is 4.74. The van der Waals surface area contributed by atoms with E-state index in [2.05, 4.69) is 15.4 Å². The van der Waals surface area contributed by atoms with Crippen LogP contribution in [0, 0.1) is 0 Å². The number of rotatable bonds is 4. The molecule has 0 aliphatic carbocycles. The first-order valence-corrected chi connectivity index (χ1v) is 6.48. The number of aromatic nitrogens is 5. The number of amides is 1. The number of hydrogen-bond acceptors (Lipinski definition) is 4. The first kappa shape index (κ1) is 16.0. The Kier molecular flexibility index (Phi) is 4.20. The summed E-state index contributed by atoms with van der Waals surface area (Å²) in [6.07, 6.45) is -2.92. The molecule has 120 valence electrons. The van der Waals surface area contributed by atoms with Crippen molar-refractivity contribution in [3.05, 3.63) is 29.3 Å². The van der Waals surface area contributed by atoms with Crippen molar-refractivity contribution in [3.8, 4) is 0 Å². The number of hydrogen-bond donors (Lipinski definition) is 0. The Morgan fingerprint density at radius 2 is 2.05 bits per heavy atom. The van der Waals surface area contributed by atoms with Crippen LogP contribution in [0.4, 0.5) is 13.2 Å². The van der Waals surface area contributed by atoms with Crippen LogP contribution in [0.25, 0.3) is 0 Å². The third-order valence-corrected chi connectivity index (χ3v) is 3.06. The number of alkyl halides is 3. The number of carbonyl (C=O) groups excluding carboxylic acids is 1. The first-order chi connectivity index (χ1) is 10.2. The van der Waals surface area contributed by atoms with Crippen molar-refractivity contribution < 1.29 is 18.0 Å². The van der Waals surface area contributed by atoms with Crippen LogP contribution in [0.2, 0.25) is 0 Å².